The van der Waals surface area contributed by atoms with Crippen LogP contribution in [0.15, 0.2) is 53.3 Å². The third-order valence-corrected chi connectivity index (χ3v) is 5.37. The van der Waals surface area contributed by atoms with Gasteiger partial charge in [-0.2, -0.15) is 0 Å². The number of rotatable bonds is 8. The van der Waals surface area contributed by atoms with Gasteiger partial charge in [-0.05, 0) is 56.7 Å². The van der Waals surface area contributed by atoms with Gasteiger partial charge in [-0.1, -0.05) is 17.7 Å². The Morgan fingerprint density at radius 1 is 1.14 bits per heavy atom. The predicted octanol–water partition coefficient (Wildman–Crippen LogP) is 5.68. The van der Waals surface area contributed by atoms with E-state index in [1.54, 1.807) is 45.0 Å². The van der Waals surface area contributed by atoms with Crippen molar-refractivity contribution in [3.63, 3.8) is 0 Å². The van der Waals surface area contributed by atoms with E-state index >= 15 is 0 Å². The predicted molar refractivity (Wildman–Crippen MR) is 133 cm³/mol. The van der Waals surface area contributed by atoms with E-state index in [0.717, 1.165) is 0 Å². The van der Waals surface area contributed by atoms with Crippen LogP contribution in [0.1, 0.15) is 58.8 Å². The summed E-state index contributed by atoms with van der Waals surface area (Å²) in [7, 11) is 2.71. The number of aromatic nitrogens is 1. The summed E-state index contributed by atoms with van der Waals surface area (Å²) in [6, 6.07) is 9.48. The largest absolute Gasteiger partial charge is 0.495 e. The average Bonchev–Trinajstić information content (AvgIpc) is 3.36. The normalized spacial score (nSPS) is 11.9. The van der Waals surface area contributed by atoms with Gasteiger partial charge in [-0.25, -0.2) is 14.6 Å². The Balaban J connectivity index is 2.11. The molecular weight excluding hydrogens is 488 g/mol. The van der Waals surface area contributed by atoms with Crippen LogP contribution in [0.5, 0.6) is 5.75 Å². The molecule has 1 aromatic carbocycles. The fraction of sp³-hybridized carbons (Fsp3) is 0.308. The van der Waals surface area contributed by atoms with E-state index in [9.17, 15) is 14.4 Å². The van der Waals surface area contributed by atoms with Crippen LogP contribution in [-0.4, -0.2) is 42.7 Å². The first kappa shape index (κ1) is 26.7. The van der Waals surface area contributed by atoms with Crippen LogP contribution in [0.2, 0.25) is 5.02 Å². The first-order valence-corrected chi connectivity index (χ1v) is 11.4. The highest BCUT2D eigenvalue weighted by molar-refractivity contribution is 6.32. The molecule has 0 saturated heterocycles. The summed E-state index contributed by atoms with van der Waals surface area (Å²) in [6.45, 7) is 5.21. The van der Waals surface area contributed by atoms with E-state index in [1.165, 1.54) is 38.9 Å². The minimum atomic E-state index is -0.862. The van der Waals surface area contributed by atoms with Gasteiger partial charge in [-0.15, -0.1) is 0 Å². The van der Waals surface area contributed by atoms with Crippen LogP contribution in [0, 0.1) is 0 Å². The topological polar surface area (TPSA) is 117 Å². The molecule has 1 unspecified atom stereocenters. The molecule has 9 nitrogen and oxygen atoms in total. The van der Waals surface area contributed by atoms with Crippen LogP contribution < -0.4 is 10.1 Å². The molecule has 1 atom stereocenters. The number of nitrogens with zero attached hydrogens (tertiary/aromatic N) is 1. The minimum Gasteiger partial charge on any atom is -0.495 e. The molecule has 0 radical (unpaired) electrons. The number of carbonyl (C=O) groups is 3. The van der Waals surface area contributed by atoms with Crippen LogP contribution in [0.4, 0.5) is 10.5 Å². The van der Waals surface area contributed by atoms with E-state index < -0.39 is 23.6 Å². The minimum absolute atomic E-state index is 0.0859. The van der Waals surface area contributed by atoms with Gasteiger partial charge in [0, 0.05) is 17.8 Å². The van der Waals surface area contributed by atoms with Crippen molar-refractivity contribution in [3.05, 3.63) is 76.5 Å². The van der Waals surface area contributed by atoms with Crippen molar-refractivity contribution in [3.8, 4) is 5.75 Å². The van der Waals surface area contributed by atoms with Gasteiger partial charge in [0.15, 0.2) is 5.78 Å². The average molecular weight is 515 g/mol. The Labute approximate surface area is 213 Å². The highest BCUT2D eigenvalue weighted by Crippen LogP contribution is 2.38. The van der Waals surface area contributed by atoms with Gasteiger partial charge < -0.3 is 18.6 Å². The number of anilines is 1. The molecule has 2 heterocycles. The number of methoxy groups -OCH3 is 2. The first-order valence-electron chi connectivity index (χ1n) is 11.0. The third kappa shape index (κ3) is 6.63. The molecule has 0 saturated carbocycles. The highest BCUT2D eigenvalue weighted by atomic mass is 35.5. The molecule has 3 aromatic rings. The van der Waals surface area contributed by atoms with Gasteiger partial charge in [0.1, 0.15) is 23.3 Å². The smallest absolute Gasteiger partial charge is 0.412 e. The summed E-state index contributed by atoms with van der Waals surface area (Å²) in [6.07, 6.45) is 2.10. The maximum atomic E-state index is 13.6. The van der Waals surface area contributed by atoms with Crippen molar-refractivity contribution >= 4 is 35.1 Å². The Hall–Kier alpha value is -3.85. The zero-order chi connectivity index (χ0) is 26.5. The first-order chi connectivity index (χ1) is 17.0. The van der Waals surface area contributed by atoms with E-state index in [2.05, 4.69) is 10.3 Å². The number of halogens is 1. The molecule has 0 fully saturated rings. The summed E-state index contributed by atoms with van der Waals surface area (Å²) in [5, 5.41) is 2.92. The maximum Gasteiger partial charge on any atom is 0.412 e. The van der Waals surface area contributed by atoms with Crippen molar-refractivity contribution in [2.75, 3.05) is 19.5 Å². The Bertz CT molecular complexity index is 1250. The lowest BCUT2D eigenvalue weighted by molar-refractivity contribution is 0.0591. The van der Waals surface area contributed by atoms with Gasteiger partial charge in [0.2, 0.25) is 0 Å². The maximum absolute atomic E-state index is 13.6. The van der Waals surface area contributed by atoms with Crippen molar-refractivity contribution in [1.29, 1.82) is 0 Å². The number of carbonyl (C=O) groups excluding carboxylic acids is 3. The number of furan rings is 1. The SMILES string of the molecule is COC(=O)c1cccc(CC(C(=O)c2ccoc2)c2cc(OC)c(Cl)cc2NC(=O)OC(C)(C)C)n1. The van der Waals surface area contributed by atoms with Gasteiger partial charge >= 0.3 is 12.1 Å². The van der Waals surface area contributed by atoms with Crippen LogP contribution in [0.25, 0.3) is 0 Å². The molecule has 0 aliphatic carbocycles. The molecule has 10 heteroatoms. The lowest BCUT2D eigenvalue weighted by Crippen LogP contribution is -2.28. The standard InChI is InChI=1S/C26H27ClN2O7/c1-26(2,3)36-25(32)29-21-13-19(27)22(33-4)12-17(21)18(23(30)15-9-10-35-14-15)11-16-7-6-8-20(28-16)24(31)34-5/h6-10,12-14,18H,11H2,1-5H3,(H,29,32). The number of hydrogen-bond donors (Lipinski definition) is 1. The quantitative estimate of drug-likeness (QED) is 0.301. The zero-order valence-electron chi connectivity index (χ0n) is 20.6. The van der Waals surface area contributed by atoms with Crippen molar-refractivity contribution in [1.82, 2.24) is 4.98 Å². The van der Waals surface area contributed by atoms with Crippen LogP contribution in [-0.2, 0) is 15.9 Å². The van der Waals surface area contributed by atoms with E-state index in [-0.39, 0.29) is 28.6 Å². The highest BCUT2D eigenvalue weighted by Gasteiger charge is 2.29. The summed E-state index contributed by atoms with van der Waals surface area (Å²) in [4.78, 5) is 42.6. The molecule has 190 valence electrons. The number of ketones is 1. The molecule has 1 amide bonds. The second kappa shape index (κ2) is 11.3. The lowest BCUT2D eigenvalue weighted by Gasteiger charge is -2.23. The van der Waals surface area contributed by atoms with Crippen molar-refractivity contribution in [2.45, 2.75) is 38.7 Å². The van der Waals surface area contributed by atoms with Gasteiger partial charge in [0.25, 0.3) is 0 Å². The van der Waals surface area contributed by atoms with Crippen molar-refractivity contribution in [2.24, 2.45) is 0 Å². The number of nitrogens with one attached hydrogen (secondary N) is 1. The van der Waals surface area contributed by atoms with Gasteiger partial charge in [-0.3, -0.25) is 10.1 Å². The number of amides is 1. The number of benzene rings is 1. The number of esters is 1. The third-order valence-electron chi connectivity index (χ3n) is 5.07. The molecular formula is C26H27ClN2O7. The van der Waals surface area contributed by atoms with E-state index in [0.29, 0.717) is 22.6 Å². The molecule has 0 aliphatic rings. The summed E-state index contributed by atoms with van der Waals surface area (Å²) in [5.41, 5.74) is 0.813. The fourth-order valence-corrected chi connectivity index (χ4v) is 3.75. The lowest BCUT2D eigenvalue weighted by atomic mass is 9.86. The Morgan fingerprint density at radius 3 is 2.50 bits per heavy atom. The molecule has 0 spiro atoms. The fourth-order valence-electron chi connectivity index (χ4n) is 3.51. The summed E-state index contributed by atoms with van der Waals surface area (Å²) < 4.78 is 20.6. The van der Waals surface area contributed by atoms with E-state index in [4.69, 9.17) is 30.2 Å². The molecule has 0 bridgehead atoms. The second-order valence-electron chi connectivity index (χ2n) is 8.84. The van der Waals surface area contributed by atoms with E-state index in [1.807, 2.05) is 0 Å². The second-order valence-corrected chi connectivity index (χ2v) is 9.25. The zero-order valence-corrected chi connectivity index (χ0v) is 21.3. The summed E-state index contributed by atoms with van der Waals surface area (Å²) in [5.74, 6) is -1.46. The molecule has 1 N–H and O–H groups in total. The van der Waals surface area contributed by atoms with Gasteiger partial charge in [0.05, 0.1) is 37.0 Å². The Morgan fingerprint density at radius 2 is 1.89 bits per heavy atom. The number of Topliss-reactive ketones (excluding diaryl/α,β-unsaturated/α-hetero) is 1. The van der Waals surface area contributed by atoms with Crippen LogP contribution >= 0.6 is 11.6 Å². The molecule has 3 rings (SSSR count). The Kier molecular flexibility index (Phi) is 8.37. The van der Waals surface area contributed by atoms with Crippen molar-refractivity contribution < 1.29 is 33.0 Å². The molecule has 36 heavy (non-hydrogen) atoms. The molecule has 0 aliphatic heterocycles. The monoisotopic (exact) mass is 514 g/mol. The number of pyridine rings is 1. The number of hydrogen-bond acceptors (Lipinski definition) is 8. The number of ether oxygens (including phenoxy) is 3. The van der Waals surface area contributed by atoms with Crippen LogP contribution in [0.3, 0.4) is 0 Å². The summed E-state index contributed by atoms with van der Waals surface area (Å²) >= 11 is 6.35. The molecule has 2 aromatic heterocycles.